The first-order valence-corrected chi connectivity index (χ1v) is 3.87. The van der Waals surface area contributed by atoms with E-state index in [1.54, 1.807) is 19.1 Å². The SMILES string of the molecule is Cc1cc(=O)[nH]c(-c2ccco2)n1. The van der Waals surface area contributed by atoms with E-state index in [2.05, 4.69) is 9.97 Å². The average Bonchev–Trinajstić information content (AvgIpc) is 2.53. The minimum Gasteiger partial charge on any atom is -0.461 e. The zero-order valence-corrected chi connectivity index (χ0v) is 7.07. The molecule has 1 N–H and O–H groups in total. The maximum Gasteiger partial charge on any atom is 0.251 e. The Morgan fingerprint density at radius 1 is 1.54 bits per heavy atom. The van der Waals surface area contributed by atoms with Crippen LogP contribution >= 0.6 is 0 Å². The highest BCUT2D eigenvalue weighted by Crippen LogP contribution is 2.12. The predicted molar refractivity (Wildman–Crippen MR) is 47.3 cm³/mol. The van der Waals surface area contributed by atoms with E-state index in [4.69, 9.17) is 4.42 Å². The molecular weight excluding hydrogens is 168 g/mol. The second kappa shape index (κ2) is 2.90. The second-order valence-corrected chi connectivity index (χ2v) is 2.71. The Balaban J connectivity index is 2.59. The molecule has 0 aliphatic rings. The number of H-pyrrole nitrogens is 1. The third kappa shape index (κ3) is 1.51. The molecule has 2 aromatic rings. The first-order valence-electron chi connectivity index (χ1n) is 3.87. The zero-order valence-electron chi connectivity index (χ0n) is 7.07. The molecule has 0 spiro atoms. The number of aromatic amines is 1. The largest absolute Gasteiger partial charge is 0.461 e. The first-order chi connectivity index (χ1) is 6.25. The minimum atomic E-state index is -0.168. The molecule has 0 aromatic carbocycles. The van der Waals surface area contributed by atoms with Crippen LogP contribution in [0.4, 0.5) is 0 Å². The molecule has 0 radical (unpaired) electrons. The molecular formula is C9H8N2O2. The highest BCUT2D eigenvalue weighted by Gasteiger charge is 2.03. The van der Waals surface area contributed by atoms with Crippen LogP contribution in [-0.2, 0) is 0 Å². The summed E-state index contributed by atoms with van der Waals surface area (Å²) >= 11 is 0. The van der Waals surface area contributed by atoms with E-state index in [-0.39, 0.29) is 5.56 Å². The Morgan fingerprint density at radius 2 is 2.38 bits per heavy atom. The van der Waals surface area contributed by atoms with E-state index < -0.39 is 0 Å². The Labute approximate surface area is 74.2 Å². The van der Waals surface area contributed by atoms with Crippen LogP contribution in [0.25, 0.3) is 11.6 Å². The lowest BCUT2D eigenvalue weighted by atomic mass is 10.4. The third-order valence-electron chi connectivity index (χ3n) is 1.62. The van der Waals surface area contributed by atoms with Gasteiger partial charge in [-0.05, 0) is 19.1 Å². The van der Waals surface area contributed by atoms with Gasteiger partial charge in [-0.15, -0.1) is 0 Å². The van der Waals surface area contributed by atoms with Crippen molar-refractivity contribution in [2.24, 2.45) is 0 Å². The van der Waals surface area contributed by atoms with Crippen molar-refractivity contribution < 1.29 is 4.42 Å². The summed E-state index contributed by atoms with van der Waals surface area (Å²) in [7, 11) is 0. The number of furan rings is 1. The number of hydrogen-bond donors (Lipinski definition) is 1. The van der Waals surface area contributed by atoms with E-state index in [0.717, 1.165) is 0 Å². The summed E-state index contributed by atoms with van der Waals surface area (Å²) in [5.41, 5.74) is 0.508. The van der Waals surface area contributed by atoms with Crippen LogP contribution in [0.3, 0.4) is 0 Å². The van der Waals surface area contributed by atoms with Crippen molar-refractivity contribution in [3.63, 3.8) is 0 Å². The van der Waals surface area contributed by atoms with Crippen molar-refractivity contribution in [2.45, 2.75) is 6.92 Å². The summed E-state index contributed by atoms with van der Waals surface area (Å²) in [5.74, 6) is 1.04. The van der Waals surface area contributed by atoms with Crippen molar-refractivity contribution in [1.29, 1.82) is 0 Å². The van der Waals surface area contributed by atoms with Gasteiger partial charge in [0.05, 0.1) is 6.26 Å². The molecule has 0 fully saturated rings. The fourth-order valence-electron chi connectivity index (χ4n) is 1.11. The van der Waals surface area contributed by atoms with Crippen LogP contribution in [0.1, 0.15) is 5.69 Å². The smallest absolute Gasteiger partial charge is 0.251 e. The molecule has 0 aliphatic heterocycles. The van der Waals surface area contributed by atoms with Gasteiger partial charge < -0.3 is 9.40 Å². The molecule has 0 unspecified atom stereocenters. The van der Waals surface area contributed by atoms with Crippen molar-refractivity contribution in [2.75, 3.05) is 0 Å². The monoisotopic (exact) mass is 176 g/mol. The van der Waals surface area contributed by atoms with Crippen LogP contribution in [0.15, 0.2) is 33.7 Å². The Bertz CT molecular complexity index is 457. The molecule has 0 aliphatic carbocycles. The molecule has 2 rings (SSSR count). The molecule has 0 amide bonds. The number of rotatable bonds is 1. The molecule has 13 heavy (non-hydrogen) atoms. The Kier molecular flexibility index (Phi) is 1.73. The number of hydrogen-bond acceptors (Lipinski definition) is 3. The van der Waals surface area contributed by atoms with Crippen LogP contribution in [0, 0.1) is 6.92 Å². The quantitative estimate of drug-likeness (QED) is 0.713. The fourth-order valence-corrected chi connectivity index (χ4v) is 1.11. The lowest BCUT2D eigenvalue weighted by Crippen LogP contribution is -2.08. The summed E-state index contributed by atoms with van der Waals surface area (Å²) in [6, 6.07) is 4.93. The molecule has 4 heteroatoms. The van der Waals surface area contributed by atoms with Crippen molar-refractivity contribution >= 4 is 0 Å². The van der Waals surface area contributed by atoms with Gasteiger partial charge in [0, 0.05) is 11.8 Å². The number of nitrogens with zero attached hydrogens (tertiary/aromatic N) is 1. The average molecular weight is 176 g/mol. The maximum atomic E-state index is 11.1. The van der Waals surface area contributed by atoms with E-state index in [1.165, 1.54) is 12.3 Å². The molecule has 0 saturated carbocycles. The summed E-state index contributed by atoms with van der Waals surface area (Å²) in [5, 5.41) is 0. The van der Waals surface area contributed by atoms with E-state index >= 15 is 0 Å². The van der Waals surface area contributed by atoms with Crippen molar-refractivity contribution in [3.8, 4) is 11.6 Å². The second-order valence-electron chi connectivity index (χ2n) is 2.71. The van der Waals surface area contributed by atoms with Gasteiger partial charge in [0.2, 0.25) is 0 Å². The van der Waals surface area contributed by atoms with Gasteiger partial charge in [-0.1, -0.05) is 0 Å². The number of nitrogens with one attached hydrogen (secondary N) is 1. The van der Waals surface area contributed by atoms with Crippen LogP contribution < -0.4 is 5.56 Å². The van der Waals surface area contributed by atoms with Crippen molar-refractivity contribution in [1.82, 2.24) is 9.97 Å². The molecule has 2 aromatic heterocycles. The summed E-state index contributed by atoms with van der Waals surface area (Å²) in [4.78, 5) is 17.8. The minimum absolute atomic E-state index is 0.168. The first kappa shape index (κ1) is 7.79. The van der Waals surface area contributed by atoms with Crippen LogP contribution in [0.2, 0.25) is 0 Å². The normalized spacial score (nSPS) is 10.2. The Morgan fingerprint density at radius 3 is 3.00 bits per heavy atom. The lowest BCUT2D eigenvalue weighted by molar-refractivity contribution is 0.576. The van der Waals surface area contributed by atoms with Crippen LogP contribution in [0.5, 0.6) is 0 Å². The fraction of sp³-hybridized carbons (Fsp3) is 0.111. The van der Waals surface area contributed by atoms with Gasteiger partial charge in [0.15, 0.2) is 11.6 Å². The molecule has 0 saturated heterocycles. The highest BCUT2D eigenvalue weighted by molar-refractivity contribution is 5.45. The zero-order chi connectivity index (χ0) is 9.26. The van der Waals surface area contributed by atoms with Gasteiger partial charge in [0.25, 0.3) is 5.56 Å². The molecule has 2 heterocycles. The molecule has 66 valence electrons. The molecule has 4 nitrogen and oxygen atoms in total. The summed E-state index contributed by atoms with van der Waals surface area (Å²) < 4.78 is 5.10. The van der Waals surface area contributed by atoms with E-state index in [1.807, 2.05) is 0 Å². The highest BCUT2D eigenvalue weighted by atomic mass is 16.3. The standard InChI is InChI=1S/C9H8N2O2/c1-6-5-8(12)11-9(10-6)7-3-2-4-13-7/h2-5H,1H3,(H,10,11,12). The topological polar surface area (TPSA) is 58.9 Å². The lowest BCUT2D eigenvalue weighted by Gasteiger charge is -1.96. The summed E-state index contributed by atoms with van der Waals surface area (Å²) in [6.45, 7) is 1.77. The van der Waals surface area contributed by atoms with Crippen LogP contribution in [-0.4, -0.2) is 9.97 Å². The number of aromatic nitrogens is 2. The van der Waals surface area contributed by atoms with E-state index in [9.17, 15) is 4.79 Å². The van der Waals surface area contributed by atoms with Gasteiger partial charge in [-0.25, -0.2) is 4.98 Å². The summed E-state index contributed by atoms with van der Waals surface area (Å²) in [6.07, 6.45) is 1.54. The van der Waals surface area contributed by atoms with Gasteiger partial charge in [-0.3, -0.25) is 4.79 Å². The van der Waals surface area contributed by atoms with Gasteiger partial charge >= 0.3 is 0 Å². The molecule has 0 bridgehead atoms. The molecule has 0 atom stereocenters. The third-order valence-corrected chi connectivity index (χ3v) is 1.62. The Hall–Kier alpha value is -1.84. The van der Waals surface area contributed by atoms with Gasteiger partial charge in [-0.2, -0.15) is 0 Å². The number of aryl methyl sites for hydroxylation is 1. The van der Waals surface area contributed by atoms with Crippen molar-refractivity contribution in [3.05, 3.63) is 40.5 Å². The predicted octanol–water partition coefficient (Wildman–Crippen LogP) is 1.34. The maximum absolute atomic E-state index is 11.1. The van der Waals surface area contributed by atoms with Gasteiger partial charge in [0.1, 0.15) is 0 Å². The van der Waals surface area contributed by atoms with E-state index in [0.29, 0.717) is 17.3 Å².